The molecule has 0 aliphatic heterocycles. The fourth-order valence-corrected chi connectivity index (χ4v) is 1.89. The molecule has 0 unspecified atom stereocenters. The van der Waals surface area contributed by atoms with Crippen molar-refractivity contribution in [3.63, 3.8) is 0 Å². The fraction of sp³-hybridized carbons (Fsp3) is 0.308. The van der Waals surface area contributed by atoms with Gasteiger partial charge in [0.15, 0.2) is 0 Å². The molecule has 0 radical (unpaired) electrons. The van der Waals surface area contributed by atoms with Gasteiger partial charge in [0.2, 0.25) is 0 Å². The minimum absolute atomic E-state index is 0.102. The van der Waals surface area contributed by atoms with Crippen LogP contribution in [0.4, 0.5) is 0 Å². The molecule has 0 saturated heterocycles. The highest BCUT2D eigenvalue weighted by Gasteiger charge is 2.25. The summed E-state index contributed by atoms with van der Waals surface area (Å²) < 4.78 is 1.41. The maximum atomic E-state index is 12.2. The van der Waals surface area contributed by atoms with Crippen molar-refractivity contribution in [2.45, 2.75) is 25.8 Å². The molecular formula is C13H13N3O2. The molecule has 2 aromatic rings. The lowest BCUT2D eigenvalue weighted by atomic mass is 10.2. The molecule has 18 heavy (non-hydrogen) atoms. The van der Waals surface area contributed by atoms with Crippen LogP contribution < -0.4 is 10.9 Å². The summed E-state index contributed by atoms with van der Waals surface area (Å²) >= 11 is 0. The third-order valence-corrected chi connectivity index (χ3v) is 3.08. The van der Waals surface area contributed by atoms with Crippen LogP contribution in [0.2, 0.25) is 0 Å². The SMILES string of the molecule is Cc1cccn2c(=O)c(C(=O)NC3CC3)cnc12. The molecular weight excluding hydrogens is 230 g/mol. The summed E-state index contributed by atoms with van der Waals surface area (Å²) in [5.74, 6) is -0.328. The monoisotopic (exact) mass is 243 g/mol. The predicted molar refractivity (Wildman–Crippen MR) is 66.7 cm³/mol. The van der Waals surface area contributed by atoms with Crippen LogP contribution >= 0.6 is 0 Å². The minimum atomic E-state index is -0.328. The van der Waals surface area contributed by atoms with E-state index < -0.39 is 0 Å². The van der Waals surface area contributed by atoms with Crippen LogP contribution in [-0.4, -0.2) is 21.3 Å². The largest absolute Gasteiger partial charge is 0.349 e. The zero-order valence-electron chi connectivity index (χ0n) is 10.0. The molecule has 2 aromatic heterocycles. The normalized spacial score (nSPS) is 14.7. The van der Waals surface area contributed by atoms with Crippen LogP contribution in [0.1, 0.15) is 28.8 Å². The van der Waals surface area contributed by atoms with E-state index in [1.54, 1.807) is 12.3 Å². The van der Waals surface area contributed by atoms with Gasteiger partial charge < -0.3 is 5.32 Å². The summed E-state index contributed by atoms with van der Waals surface area (Å²) in [6.07, 6.45) is 4.98. The topological polar surface area (TPSA) is 63.5 Å². The molecule has 1 aliphatic carbocycles. The number of rotatable bonds is 2. The van der Waals surface area contributed by atoms with Crippen molar-refractivity contribution in [1.29, 1.82) is 0 Å². The molecule has 1 amide bonds. The summed E-state index contributed by atoms with van der Waals surface area (Å²) in [5, 5.41) is 2.80. The van der Waals surface area contributed by atoms with Crippen LogP contribution in [0.25, 0.3) is 5.65 Å². The van der Waals surface area contributed by atoms with Crippen LogP contribution in [0, 0.1) is 6.92 Å². The van der Waals surface area contributed by atoms with Crippen molar-refractivity contribution in [3.8, 4) is 0 Å². The first-order valence-electron chi connectivity index (χ1n) is 5.94. The van der Waals surface area contributed by atoms with E-state index in [0.717, 1.165) is 18.4 Å². The third-order valence-electron chi connectivity index (χ3n) is 3.08. The molecule has 1 N–H and O–H groups in total. The Hall–Kier alpha value is -2.17. The van der Waals surface area contributed by atoms with Crippen LogP contribution in [0.5, 0.6) is 0 Å². The summed E-state index contributed by atoms with van der Waals surface area (Å²) in [4.78, 5) is 28.3. The molecule has 1 fully saturated rings. The maximum absolute atomic E-state index is 12.2. The number of pyridine rings is 1. The Bertz CT molecular complexity index is 686. The first-order chi connectivity index (χ1) is 8.66. The molecule has 92 valence electrons. The van der Waals surface area contributed by atoms with E-state index in [-0.39, 0.29) is 23.1 Å². The number of aryl methyl sites for hydroxylation is 1. The van der Waals surface area contributed by atoms with Crippen molar-refractivity contribution in [3.05, 3.63) is 46.0 Å². The van der Waals surface area contributed by atoms with Crippen molar-refractivity contribution < 1.29 is 4.79 Å². The van der Waals surface area contributed by atoms with Crippen molar-refractivity contribution >= 4 is 11.6 Å². The number of aromatic nitrogens is 2. The first kappa shape index (κ1) is 11.0. The Kier molecular flexibility index (Phi) is 2.40. The second-order valence-corrected chi connectivity index (χ2v) is 4.61. The second-order valence-electron chi connectivity index (χ2n) is 4.61. The Morgan fingerprint density at radius 1 is 1.50 bits per heavy atom. The van der Waals surface area contributed by atoms with Gasteiger partial charge in [0, 0.05) is 18.4 Å². The molecule has 0 aromatic carbocycles. The van der Waals surface area contributed by atoms with Crippen molar-refractivity contribution in [2.24, 2.45) is 0 Å². The number of hydrogen-bond donors (Lipinski definition) is 1. The van der Waals surface area contributed by atoms with Crippen LogP contribution in [-0.2, 0) is 0 Å². The van der Waals surface area contributed by atoms with Gasteiger partial charge in [-0.3, -0.25) is 14.0 Å². The number of nitrogens with zero attached hydrogens (tertiary/aromatic N) is 2. The van der Waals surface area contributed by atoms with E-state index in [9.17, 15) is 9.59 Å². The fourth-order valence-electron chi connectivity index (χ4n) is 1.89. The molecule has 0 atom stereocenters. The van der Waals surface area contributed by atoms with Gasteiger partial charge in [-0.05, 0) is 31.4 Å². The van der Waals surface area contributed by atoms with E-state index in [0.29, 0.717) is 5.65 Å². The highest BCUT2D eigenvalue weighted by molar-refractivity contribution is 5.94. The highest BCUT2D eigenvalue weighted by atomic mass is 16.2. The Balaban J connectivity index is 2.11. The van der Waals surface area contributed by atoms with E-state index >= 15 is 0 Å². The van der Waals surface area contributed by atoms with Crippen molar-refractivity contribution in [1.82, 2.24) is 14.7 Å². The second kappa shape index (κ2) is 3.94. The summed E-state index contributed by atoms with van der Waals surface area (Å²) in [7, 11) is 0. The molecule has 5 nitrogen and oxygen atoms in total. The third kappa shape index (κ3) is 1.77. The molecule has 2 heterocycles. The van der Waals surface area contributed by atoms with Gasteiger partial charge in [-0.2, -0.15) is 0 Å². The number of carbonyl (C=O) groups is 1. The average Bonchev–Trinajstić information content (AvgIpc) is 3.14. The molecule has 0 spiro atoms. The Morgan fingerprint density at radius 2 is 2.28 bits per heavy atom. The van der Waals surface area contributed by atoms with Gasteiger partial charge in [0.1, 0.15) is 11.2 Å². The molecule has 3 rings (SSSR count). The predicted octanol–water partition coefficient (Wildman–Crippen LogP) is 0.895. The van der Waals surface area contributed by atoms with Crippen LogP contribution in [0.3, 0.4) is 0 Å². The average molecular weight is 243 g/mol. The number of nitrogens with one attached hydrogen (secondary N) is 1. The van der Waals surface area contributed by atoms with Gasteiger partial charge in [0.25, 0.3) is 11.5 Å². The molecule has 1 saturated carbocycles. The smallest absolute Gasteiger partial charge is 0.270 e. The number of amides is 1. The lowest BCUT2D eigenvalue weighted by Gasteiger charge is -2.06. The molecule has 1 aliphatic rings. The zero-order valence-corrected chi connectivity index (χ0v) is 10.0. The summed E-state index contributed by atoms with van der Waals surface area (Å²) in [5.41, 5.74) is 1.28. The standard InChI is InChI=1S/C13H13N3O2/c1-8-3-2-6-16-11(8)14-7-10(13(16)18)12(17)15-9-4-5-9/h2-3,6-7,9H,4-5H2,1H3,(H,15,17). The molecule has 5 heteroatoms. The van der Waals surface area contributed by atoms with Gasteiger partial charge in [0.05, 0.1) is 0 Å². The quantitative estimate of drug-likeness (QED) is 0.852. The van der Waals surface area contributed by atoms with Gasteiger partial charge in [-0.1, -0.05) is 6.07 Å². The Labute approximate surface area is 103 Å². The van der Waals surface area contributed by atoms with Gasteiger partial charge in [-0.15, -0.1) is 0 Å². The molecule has 0 bridgehead atoms. The van der Waals surface area contributed by atoms with Crippen LogP contribution in [0.15, 0.2) is 29.3 Å². The lowest BCUT2D eigenvalue weighted by Crippen LogP contribution is -2.32. The number of carbonyl (C=O) groups excluding carboxylic acids is 1. The van der Waals surface area contributed by atoms with E-state index in [1.807, 2.05) is 13.0 Å². The summed E-state index contributed by atoms with van der Waals surface area (Å²) in [6, 6.07) is 3.88. The van der Waals surface area contributed by atoms with Gasteiger partial charge >= 0.3 is 0 Å². The highest BCUT2D eigenvalue weighted by Crippen LogP contribution is 2.18. The number of fused-ring (bicyclic) bond motifs is 1. The lowest BCUT2D eigenvalue weighted by molar-refractivity contribution is 0.0949. The summed E-state index contributed by atoms with van der Waals surface area (Å²) in [6.45, 7) is 1.88. The maximum Gasteiger partial charge on any atom is 0.270 e. The van der Waals surface area contributed by atoms with Gasteiger partial charge in [-0.25, -0.2) is 4.98 Å². The minimum Gasteiger partial charge on any atom is -0.349 e. The first-order valence-corrected chi connectivity index (χ1v) is 5.94. The van der Waals surface area contributed by atoms with E-state index in [4.69, 9.17) is 0 Å². The van der Waals surface area contributed by atoms with E-state index in [2.05, 4.69) is 10.3 Å². The number of hydrogen-bond acceptors (Lipinski definition) is 3. The van der Waals surface area contributed by atoms with Crippen molar-refractivity contribution in [2.75, 3.05) is 0 Å². The van der Waals surface area contributed by atoms with E-state index in [1.165, 1.54) is 10.6 Å². The Morgan fingerprint density at radius 3 is 3.00 bits per heavy atom. The zero-order chi connectivity index (χ0) is 12.7.